The largest absolute Gasteiger partial charge is 0.342 e. The Kier molecular flexibility index (Phi) is 7.08. The minimum absolute atomic E-state index is 0.0891. The molecule has 0 saturated heterocycles. The molecule has 0 aliphatic carbocycles. The van der Waals surface area contributed by atoms with E-state index in [0.29, 0.717) is 16.4 Å². The number of rotatable bonds is 8. The fraction of sp³-hybridized carbons (Fsp3) is 0.409. The van der Waals surface area contributed by atoms with Crippen LogP contribution in [0.1, 0.15) is 38.3 Å². The molecule has 2 unspecified atom stereocenters. The first-order valence-electron chi connectivity index (χ1n) is 10.00. The van der Waals surface area contributed by atoms with Gasteiger partial charge in [-0.15, -0.1) is 0 Å². The Bertz CT molecular complexity index is 862. The highest BCUT2D eigenvalue weighted by Gasteiger charge is 2.36. The van der Waals surface area contributed by atoms with Crippen LogP contribution in [0.5, 0.6) is 0 Å². The summed E-state index contributed by atoms with van der Waals surface area (Å²) in [5, 5.41) is 13.3. The van der Waals surface area contributed by atoms with Crippen LogP contribution in [0.2, 0.25) is 5.02 Å². The van der Waals surface area contributed by atoms with E-state index in [1.54, 1.807) is 12.2 Å². The number of nitriles is 1. The first-order valence-corrected chi connectivity index (χ1v) is 10.4. The van der Waals surface area contributed by atoms with Crippen molar-refractivity contribution >= 4 is 23.3 Å². The predicted molar refractivity (Wildman–Crippen MR) is 115 cm³/mol. The maximum absolute atomic E-state index is 12.7. The fourth-order valence-corrected chi connectivity index (χ4v) is 3.73. The highest BCUT2D eigenvalue weighted by atomic mass is 35.5. The second-order valence-electron chi connectivity index (χ2n) is 7.12. The van der Waals surface area contributed by atoms with Gasteiger partial charge in [-0.3, -0.25) is 15.1 Å². The van der Waals surface area contributed by atoms with Crippen LogP contribution >= 0.6 is 11.6 Å². The highest BCUT2D eigenvalue weighted by Crippen LogP contribution is 2.33. The molecule has 1 N–H and O–H groups in total. The smallest absolute Gasteiger partial charge is 0.236 e. The Hall–Kier alpha value is -2.62. The van der Waals surface area contributed by atoms with Gasteiger partial charge in [0.2, 0.25) is 5.91 Å². The molecule has 0 spiro atoms. The van der Waals surface area contributed by atoms with Gasteiger partial charge in [0.25, 0.3) is 0 Å². The molecule has 29 heavy (non-hydrogen) atoms. The highest BCUT2D eigenvalue weighted by molar-refractivity contribution is 6.30. The molecular weight excluding hydrogens is 386 g/mol. The summed E-state index contributed by atoms with van der Waals surface area (Å²) < 4.78 is 0. The third-order valence-electron chi connectivity index (χ3n) is 4.98. The molecule has 2 atom stereocenters. The number of carbonyl (C=O) groups excluding carboxylic acids is 1. The average molecular weight is 412 g/mol. The van der Waals surface area contributed by atoms with Crippen LogP contribution in [0.25, 0.3) is 0 Å². The molecule has 0 saturated carbocycles. The minimum atomic E-state index is -0.215. The molecule has 7 heteroatoms. The van der Waals surface area contributed by atoms with E-state index in [-0.39, 0.29) is 24.7 Å². The van der Waals surface area contributed by atoms with Crippen LogP contribution in [0.4, 0.5) is 0 Å². The van der Waals surface area contributed by atoms with Gasteiger partial charge in [-0.25, -0.2) is 0 Å². The van der Waals surface area contributed by atoms with E-state index in [9.17, 15) is 10.1 Å². The predicted octanol–water partition coefficient (Wildman–Crippen LogP) is 3.64. The van der Waals surface area contributed by atoms with Crippen LogP contribution in [-0.2, 0) is 4.79 Å². The minimum Gasteiger partial charge on any atom is -0.342 e. The number of halogens is 1. The number of hydrogen-bond acceptors (Lipinski definition) is 5. The molecule has 3 rings (SSSR count). The number of carbonyl (C=O) groups is 1. The molecular formula is C22H26ClN5O. The van der Waals surface area contributed by atoms with E-state index in [4.69, 9.17) is 16.6 Å². The van der Waals surface area contributed by atoms with Crippen molar-refractivity contribution in [3.63, 3.8) is 0 Å². The molecule has 0 fully saturated rings. The van der Waals surface area contributed by atoms with Crippen LogP contribution in [-0.4, -0.2) is 47.3 Å². The van der Waals surface area contributed by atoms with Gasteiger partial charge < -0.3 is 9.80 Å². The van der Waals surface area contributed by atoms with Crippen molar-refractivity contribution in [2.45, 2.75) is 38.9 Å². The number of fused-ring (bicyclic) bond motifs is 1. The molecule has 0 aromatic heterocycles. The number of amides is 1. The molecule has 2 aliphatic heterocycles. The summed E-state index contributed by atoms with van der Waals surface area (Å²) in [5.41, 5.74) is 1.56. The number of nitrogens with one attached hydrogen (secondary N) is 1. The Morgan fingerprint density at radius 1 is 1.28 bits per heavy atom. The van der Waals surface area contributed by atoms with E-state index < -0.39 is 0 Å². The maximum Gasteiger partial charge on any atom is 0.236 e. The van der Waals surface area contributed by atoms with Crippen molar-refractivity contribution in [1.29, 1.82) is 5.26 Å². The van der Waals surface area contributed by atoms with E-state index >= 15 is 0 Å². The van der Waals surface area contributed by atoms with Gasteiger partial charge in [0.15, 0.2) is 0 Å². The molecule has 6 nitrogen and oxygen atoms in total. The molecule has 0 bridgehead atoms. The SMILES string of the molecule is CCCN(CCC)C(=O)CNC1C(c2ccc(Cl)cc2)N=C2C=C(C#N)C=CN21. The van der Waals surface area contributed by atoms with E-state index in [2.05, 4.69) is 25.2 Å². The number of aliphatic imine (C=N–C) groups is 1. The van der Waals surface area contributed by atoms with Crippen molar-refractivity contribution in [2.75, 3.05) is 19.6 Å². The van der Waals surface area contributed by atoms with Gasteiger partial charge in [-0.1, -0.05) is 37.6 Å². The standard InChI is InChI=1S/C22H26ClN5O/c1-3-10-27(11-4-2)20(29)15-25-22-21(17-5-7-18(23)8-6-17)26-19-13-16(14-24)9-12-28(19)22/h5-9,12-13,21-22,25H,3-4,10-11,15H2,1-2H3. The average Bonchev–Trinajstić information content (AvgIpc) is 3.09. The summed E-state index contributed by atoms with van der Waals surface area (Å²) in [6.45, 7) is 5.92. The lowest BCUT2D eigenvalue weighted by molar-refractivity contribution is -0.130. The Morgan fingerprint density at radius 3 is 2.59 bits per heavy atom. The summed E-state index contributed by atoms with van der Waals surface area (Å²) >= 11 is 6.04. The maximum atomic E-state index is 12.7. The molecule has 2 aliphatic rings. The van der Waals surface area contributed by atoms with Crippen molar-refractivity contribution in [2.24, 2.45) is 4.99 Å². The normalized spacial score (nSPS) is 20.0. The van der Waals surface area contributed by atoms with Crippen molar-refractivity contribution < 1.29 is 4.79 Å². The van der Waals surface area contributed by atoms with Gasteiger partial charge >= 0.3 is 0 Å². The second-order valence-corrected chi connectivity index (χ2v) is 7.56. The molecule has 1 aromatic rings. The zero-order valence-electron chi connectivity index (χ0n) is 16.8. The van der Waals surface area contributed by atoms with Gasteiger partial charge in [-0.05, 0) is 42.7 Å². The lowest BCUT2D eigenvalue weighted by Gasteiger charge is -2.30. The van der Waals surface area contributed by atoms with E-state index in [1.165, 1.54) is 0 Å². The Morgan fingerprint density at radius 2 is 1.97 bits per heavy atom. The van der Waals surface area contributed by atoms with Crippen molar-refractivity contribution in [1.82, 2.24) is 15.1 Å². The number of nitrogens with zero attached hydrogens (tertiary/aromatic N) is 4. The monoisotopic (exact) mass is 411 g/mol. The third kappa shape index (κ3) is 4.87. The number of hydrogen-bond donors (Lipinski definition) is 1. The van der Waals surface area contributed by atoms with Crippen LogP contribution in [0.3, 0.4) is 0 Å². The third-order valence-corrected chi connectivity index (χ3v) is 5.23. The molecule has 2 heterocycles. The van der Waals surface area contributed by atoms with Crippen LogP contribution in [0.15, 0.2) is 53.2 Å². The Balaban J connectivity index is 1.80. The fourth-order valence-electron chi connectivity index (χ4n) is 3.60. The summed E-state index contributed by atoms with van der Waals surface area (Å²) in [6.07, 6.45) is 7.05. The van der Waals surface area contributed by atoms with E-state index in [0.717, 1.165) is 31.5 Å². The lowest BCUT2D eigenvalue weighted by Crippen LogP contribution is -2.49. The second kappa shape index (κ2) is 9.73. The quantitative estimate of drug-likeness (QED) is 0.708. The van der Waals surface area contributed by atoms with Gasteiger partial charge in [0.1, 0.15) is 18.0 Å². The molecule has 0 radical (unpaired) electrons. The summed E-state index contributed by atoms with van der Waals surface area (Å²) in [7, 11) is 0. The molecule has 1 amide bonds. The Labute approximate surface area is 177 Å². The lowest BCUT2D eigenvalue weighted by atomic mass is 10.0. The topological polar surface area (TPSA) is 71.7 Å². The van der Waals surface area contributed by atoms with Gasteiger partial charge in [0, 0.05) is 24.3 Å². The zero-order chi connectivity index (χ0) is 20.8. The van der Waals surface area contributed by atoms with E-state index in [1.807, 2.05) is 40.3 Å². The van der Waals surface area contributed by atoms with Gasteiger partial charge in [-0.2, -0.15) is 5.26 Å². The summed E-state index contributed by atoms with van der Waals surface area (Å²) in [6, 6.07) is 9.53. The molecule has 152 valence electrons. The zero-order valence-corrected chi connectivity index (χ0v) is 17.6. The van der Waals surface area contributed by atoms with Gasteiger partial charge in [0.05, 0.1) is 18.2 Å². The van der Waals surface area contributed by atoms with Crippen LogP contribution in [0, 0.1) is 11.3 Å². The summed E-state index contributed by atoms with van der Waals surface area (Å²) in [5.74, 6) is 0.805. The summed E-state index contributed by atoms with van der Waals surface area (Å²) in [4.78, 5) is 21.4. The first-order chi connectivity index (χ1) is 14.1. The van der Waals surface area contributed by atoms with Crippen molar-refractivity contribution in [3.05, 3.63) is 58.8 Å². The number of allylic oxidation sites excluding steroid dienone is 2. The first kappa shape index (κ1) is 21.1. The molecule has 1 aromatic carbocycles. The van der Waals surface area contributed by atoms with Crippen LogP contribution < -0.4 is 5.32 Å². The van der Waals surface area contributed by atoms with Crippen molar-refractivity contribution in [3.8, 4) is 6.07 Å². The number of amidine groups is 1. The number of benzene rings is 1.